The minimum atomic E-state index is -0.300. The highest BCUT2D eigenvalue weighted by atomic mass is 35.5. The van der Waals surface area contributed by atoms with Crippen LogP contribution in [0, 0.1) is 5.82 Å². The maximum absolute atomic E-state index is 13.2. The van der Waals surface area contributed by atoms with E-state index in [0.29, 0.717) is 22.4 Å². The Morgan fingerprint density at radius 2 is 2.00 bits per heavy atom. The Kier molecular flexibility index (Phi) is 5.88. The first kappa shape index (κ1) is 18.7. The predicted octanol–water partition coefficient (Wildman–Crippen LogP) is 5.28. The van der Waals surface area contributed by atoms with Gasteiger partial charge in [-0.05, 0) is 35.9 Å². The molecule has 7 heteroatoms. The summed E-state index contributed by atoms with van der Waals surface area (Å²) >= 11 is 6.32. The molecular formula is C20H18ClFN4O. The molecule has 0 saturated carbocycles. The first-order valence-electron chi connectivity index (χ1n) is 8.19. The van der Waals surface area contributed by atoms with E-state index in [4.69, 9.17) is 16.3 Å². The van der Waals surface area contributed by atoms with Crippen molar-refractivity contribution in [1.82, 2.24) is 9.97 Å². The number of hydrogen-bond acceptors (Lipinski definition) is 5. The number of benzene rings is 2. The minimum Gasteiger partial charge on any atom is -0.487 e. The van der Waals surface area contributed by atoms with E-state index >= 15 is 0 Å². The molecular weight excluding hydrogens is 367 g/mol. The Bertz CT molecular complexity index is 964. The molecule has 2 aromatic carbocycles. The van der Waals surface area contributed by atoms with E-state index in [1.807, 2.05) is 6.07 Å². The number of anilines is 3. The zero-order chi connectivity index (χ0) is 19.2. The van der Waals surface area contributed by atoms with Gasteiger partial charge in [0.1, 0.15) is 36.1 Å². The third-order valence-electron chi connectivity index (χ3n) is 3.80. The molecule has 27 heavy (non-hydrogen) atoms. The summed E-state index contributed by atoms with van der Waals surface area (Å²) in [7, 11) is 1.78. The Morgan fingerprint density at radius 3 is 2.70 bits per heavy atom. The van der Waals surface area contributed by atoms with E-state index in [2.05, 4.69) is 27.2 Å². The van der Waals surface area contributed by atoms with Gasteiger partial charge in [0.15, 0.2) is 0 Å². The van der Waals surface area contributed by atoms with Crippen molar-refractivity contribution in [3.05, 3.63) is 77.3 Å². The topological polar surface area (TPSA) is 59.1 Å². The van der Waals surface area contributed by atoms with Crippen molar-refractivity contribution in [3.63, 3.8) is 0 Å². The Labute approximate surface area is 161 Å². The Hall–Kier alpha value is -3.12. The zero-order valence-corrected chi connectivity index (χ0v) is 15.4. The van der Waals surface area contributed by atoms with Gasteiger partial charge in [-0.3, -0.25) is 0 Å². The molecule has 0 spiro atoms. The third-order valence-corrected chi connectivity index (χ3v) is 4.10. The highest BCUT2D eigenvalue weighted by Gasteiger charge is 2.09. The monoisotopic (exact) mass is 384 g/mol. The van der Waals surface area contributed by atoms with Crippen LogP contribution < -0.4 is 15.4 Å². The quantitative estimate of drug-likeness (QED) is 0.580. The van der Waals surface area contributed by atoms with Crippen molar-refractivity contribution in [2.24, 2.45) is 0 Å². The lowest BCUT2D eigenvalue weighted by Gasteiger charge is -2.13. The van der Waals surface area contributed by atoms with Crippen LogP contribution >= 0.6 is 11.6 Å². The fourth-order valence-corrected chi connectivity index (χ4v) is 2.74. The fraction of sp³-hybridized carbons (Fsp3) is 0.100. The van der Waals surface area contributed by atoms with Crippen LogP contribution in [0.5, 0.6) is 5.75 Å². The van der Waals surface area contributed by atoms with E-state index in [-0.39, 0.29) is 12.4 Å². The van der Waals surface area contributed by atoms with Gasteiger partial charge in [0.05, 0.1) is 10.6 Å². The number of ether oxygens (including phenoxy) is 1. The van der Waals surface area contributed by atoms with Crippen LogP contribution in [-0.2, 0) is 6.61 Å². The number of hydrogen-bond donors (Lipinski definition) is 2. The SMILES string of the molecule is C=Cc1c(NC)ncnc1Nc1ccc(OCc2cccc(F)c2)c(Cl)c1. The number of aromatic nitrogens is 2. The molecule has 1 aromatic heterocycles. The second kappa shape index (κ2) is 8.51. The second-order valence-corrected chi connectivity index (χ2v) is 6.03. The summed E-state index contributed by atoms with van der Waals surface area (Å²) in [6, 6.07) is 11.5. The smallest absolute Gasteiger partial charge is 0.143 e. The van der Waals surface area contributed by atoms with Crippen LogP contribution in [0.1, 0.15) is 11.1 Å². The summed E-state index contributed by atoms with van der Waals surface area (Å²) < 4.78 is 18.9. The molecule has 0 radical (unpaired) electrons. The van der Waals surface area contributed by atoms with E-state index in [1.54, 1.807) is 37.4 Å². The van der Waals surface area contributed by atoms with Crippen molar-refractivity contribution in [2.45, 2.75) is 6.61 Å². The highest BCUT2D eigenvalue weighted by Crippen LogP contribution is 2.31. The van der Waals surface area contributed by atoms with E-state index < -0.39 is 0 Å². The summed E-state index contributed by atoms with van der Waals surface area (Å²) in [5, 5.41) is 6.62. The fourth-order valence-electron chi connectivity index (χ4n) is 2.51. The molecule has 3 rings (SSSR count). The van der Waals surface area contributed by atoms with Gasteiger partial charge < -0.3 is 15.4 Å². The van der Waals surface area contributed by atoms with Crippen LogP contribution in [0.3, 0.4) is 0 Å². The van der Waals surface area contributed by atoms with Crippen molar-refractivity contribution >= 4 is 35.0 Å². The summed E-state index contributed by atoms with van der Waals surface area (Å²) in [5.41, 5.74) is 2.22. The number of rotatable bonds is 7. The van der Waals surface area contributed by atoms with E-state index in [1.165, 1.54) is 18.5 Å². The Balaban J connectivity index is 1.74. The number of nitrogens with one attached hydrogen (secondary N) is 2. The molecule has 0 unspecified atom stereocenters. The van der Waals surface area contributed by atoms with Gasteiger partial charge in [0.25, 0.3) is 0 Å². The van der Waals surface area contributed by atoms with Crippen LogP contribution in [0.15, 0.2) is 55.4 Å². The third kappa shape index (κ3) is 4.54. The first-order valence-corrected chi connectivity index (χ1v) is 8.57. The maximum Gasteiger partial charge on any atom is 0.143 e. The van der Waals surface area contributed by atoms with Crippen molar-refractivity contribution in [2.75, 3.05) is 17.7 Å². The summed E-state index contributed by atoms with van der Waals surface area (Å²) in [6.07, 6.45) is 3.13. The van der Waals surface area contributed by atoms with Gasteiger partial charge >= 0.3 is 0 Å². The minimum absolute atomic E-state index is 0.225. The highest BCUT2D eigenvalue weighted by molar-refractivity contribution is 6.32. The molecule has 0 fully saturated rings. The summed E-state index contributed by atoms with van der Waals surface area (Å²) in [5.74, 6) is 1.48. The molecule has 2 N–H and O–H groups in total. The lowest BCUT2D eigenvalue weighted by Crippen LogP contribution is -2.03. The number of halogens is 2. The zero-order valence-electron chi connectivity index (χ0n) is 14.7. The van der Waals surface area contributed by atoms with Crippen molar-refractivity contribution < 1.29 is 9.13 Å². The van der Waals surface area contributed by atoms with Crippen LogP contribution in [0.4, 0.5) is 21.7 Å². The first-order chi connectivity index (χ1) is 13.1. The summed E-state index contributed by atoms with van der Waals surface area (Å²) in [4.78, 5) is 8.40. The maximum atomic E-state index is 13.2. The lowest BCUT2D eigenvalue weighted by atomic mass is 10.2. The number of nitrogens with zero attached hydrogens (tertiary/aromatic N) is 2. The van der Waals surface area contributed by atoms with Crippen LogP contribution in [0.25, 0.3) is 6.08 Å². The predicted molar refractivity (Wildman–Crippen MR) is 107 cm³/mol. The summed E-state index contributed by atoms with van der Waals surface area (Å²) in [6.45, 7) is 4.02. The molecule has 0 aliphatic rings. The molecule has 0 amide bonds. The molecule has 3 aromatic rings. The van der Waals surface area contributed by atoms with Gasteiger partial charge in [-0.25, -0.2) is 14.4 Å². The van der Waals surface area contributed by atoms with Gasteiger partial charge in [-0.2, -0.15) is 0 Å². The van der Waals surface area contributed by atoms with Crippen molar-refractivity contribution in [3.8, 4) is 5.75 Å². The second-order valence-electron chi connectivity index (χ2n) is 5.63. The van der Waals surface area contributed by atoms with Crippen LogP contribution in [-0.4, -0.2) is 17.0 Å². The molecule has 0 bridgehead atoms. The normalized spacial score (nSPS) is 10.3. The standard InChI is InChI=1S/C20H18ClFN4O/c1-3-16-19(23-2)24-12-25-20(16)26-15-7-8-18(17(21)10-15)27-11-13-5-4-6-14(22)9-13/h3-10,12H,1,11H2,2H3,(H2,23,24,25,26). The molecule has 0 aliphatic heterocycles. The molecule has 0 aliphatic carbocycles. The average Bonchev–Trinajstić information content (AvgIpc) is 2.67. The average molecular weight is 385 g/mol. The molecule has 1 heterocycles. The van der Waals surface area contributed by atoms with Gasteiger partial charge in [0.2, 0.25) is 0 Å². The van der Waals surface area contributed by atoms with E-state index in [9.17, 15) is 4.39 Å². The molecule has 138 valence electrons. The molecule has 5 nitrogen and oxygen atoms in total. The van der Waals surface area contributed by atoms with Gasteiger partial charge in [-0.15, -0.1) is 0 Å². The van der Waals surface area contributed by atoms with Gasteiger partial charge in [0, 0.05) is 12.7 Å². The van der Waals surface area contributed by atoms with Crippen LogP contribution in [0.2, 0.25) is 5.02 Å². The lowest BCUT2D eigenvalue weighted by molar-refractivity contribution is 0.306. The van der Waals surface area contributed by atoms with Crippen molar-refractivity contribution in [1.29, 1.82) is 0 Å². The Morgan fingerprint density at radius 1 is 1.19 bits per heavy atom. The largest absolute Gasteiger partial charge is 0.487 e. The van der Waals surface area contributed by atoms with Gasteiger partial charge in [-0.1, -0.05) is 36.4 Å². The molecule has 0 saturated heterocycles. The molecule has 0 atom stereocenters. The van der Waals surface area contributed by atoms with E-state index in [0.717, 1.165) is 16.8 Å².